The lowest BCUT2D eigenvalue weighted by atomic mass is 9.85. The first-order valence-corrected chi connectivity index (χ1v) is 9.52. The van der Waals surface area contributed by atoms with Gasteiger partial charge in [0, 0.05) is 32.4 Å². The Balaban J connectivity index is 1.66. The van der Waals surface area contributed by atoms with Crippen LogP contribution in [0.2, 0.25) is 6.82 Å². The minimum Gasteiger partial charge on any atom is -0.483 e. The molecule has 1 fully saturated rings. The summed E-state index contributed by atoms with van der Waals surface area (Å²) in [5.74, 6) is -0.122. The number of likely N-dealkylation sites (N-methyl/N-ethyl adjacent to an activating group) is 1. The summed E-state index contributed by atoms with van der Waals surface area (Å²) in [6, 6.07) is 11.0. The predicted molar refractivity (Wildman–Crippen MR) is 106 cm³/mol. The van der Waals surface area contributed by atoms with Crippen molar-refractivity contribution in [1.29, 1.82) is 0 Å². The average Bonchev–Trinajstić information content (AvgIpc) is 3.12. The molecule has 1 saturated heterocycles. The van der Waals surface area contributed by atoms with E-state index in [0.29, 0.717) is 18.8 Å². The predicted octanol–water partition coefficient (Wildman–Crippen LogP) is 1.07. The van der Waals surface area contributed by atoms with Crippen molar-refractivity contribution in [2.45, 2.75) is 31.9 Å². The van der Waals surface area contributed by atoms with Crippen LogP contribution < -0.4 is 10.2 Å². The molecular weight excluding hydrogens is 357 g/mol. The number of hydrogen-bond donors (Lipinski definition) is 1. The van der Waals surface area contributed by atoms with Gasteiger partial charge in [-0.1, -0.05) is 30.3 Å². The number of amides is 1. The topological polar surface area (TPSA) is 75.0 Å². The number of nitrogens with zero attached hydrogens (tertiary/aromatic N) is 3. The van der Waals surface area contributed by atoms with E-state index in [9.17, 15) is 14.6 Å². The highest BCUT2D eigenvalue weighted by Crippen LogP contribution is 2.35. The lowest BCUT2D eigenvalue weighted by Crippen LogP contribution is -2.59. The summed E-state index contributed by atoms with van der Waals surface area (Å²) in [5.41, 5.74) is 0.539. The lowest BCUT2D eigenvalue weighted by molar-refractivity contribution is 0.0434. The first-order valence-electron chi connectivity index (χ1n) is 9.52. The molecule has 0 saturated carbocycles. The second-order valence-corrected chi connectivity index (χ2v) is 7.70. The van der Waals surface area contributed by atoms with E-state index in [2.05, 4.69) is 0 Å². The van der Waals surface area contributed by atoms with Crippen molar-refractivity contribution in [2.24, 2.45) is 0 Å². The molecule has 4 rings (SSSR count). The van der Waals surface area contributed by atoms with E-state index in [1.807, 2.05) is 39.7 Å². The van der Waals surface area contributed by atoms with Crippen LogP contribution in [0.3, 0.4) is 0 Å². The molecular formula is C20H24BN3O4. The zero-order valence-electron chi connectivity index (χ0n) is 16.2. The van der Waals surface area contributed by atoms with Gasteiger partial charge in [-0.05, 0) is 25.4 Å². The van der Waals surface area contributed by atoms with Gasteiger partial charge in [-0.3, -0.25) is 9.59 Å². The average molecular weight is 381 g/mol. The summed E-state index contributed by atoms with van der Waals surface area (Å²) in [5, 5.41) is 9.93. The van der Waals surface area contributed by atoms with Gasteiger partial charge in [0.15, 0.2) is 11.4 Å². The molecule has 3 heterocycles. The van der Waals surface area contributed by atoms with Crippen molar-refractivity contribution in [1.82, 2.24) is 14.3 Å². The smallest absolute Gasteiger partial charge is 0.376 e. The molecule has 1 unspecified atom stereocenters. The molecule has 2 aliphatic rings. The van der Waals surface area contributed by atoms with Gasteiger partial charge in [-0.25, -0.2) is 0 Å². The number of carbonyl (C=O) groups excluding carboxylic acids is 1. The van der Waals surface area contributed by atoms with Crippen LogP contribution in [0.4, 0.5) is 0 Å². The van der Waals surface area contributed by atoms with E-state index < -0.39 is 12.6 Å². The number of rotatable bonds is 4. The van der Waals surface area contributed by atoms with Crippen LogP contribution in [0.5, 0.6) is 5.75 Å². The minimum atomic E-state index is -0.553. The molecule has 7 nitrogen and oxygen atoms in total. The molecule has 1 aromatic carbocycles. The number of hydrogen-bond acceptors (Lipinski definition) is 5. The molecule has 0 aliphatic carbocycles. The number of aromatic nitrogens is 1. The Morgan fingerprint density at radius 1 is 1.18 bits per heavy atom. The zero-order valence-corrected chi connectivity index (χ0v) is 16.2. The summed E-state index contributed by atoms with van der Waals surface area (Å²) < 4.78 is 7.65. The number of benzene rings is 1. The zero-order chi connectivity index (χ0) is 19.9. The van der Waals surface area contributed by atoms with Gasteiger partial charge in [-0.15, -0.1) is 0 Å². The Morgan fingerprint density at radius 3 is 2.61 bits per heavy atom. The molecule has 28 heavy (non-hydrogen) atoms. The van der Waals surface area contributed by atoms with Gasteiger partial charge in [0.25, 0.3) is 5.91 Å². The minimum absolute atomic E-state index is 0.100. The van der Waals surface area contributed by atoms with Crippen molar-refractivity contribution >= 4 is 13.0 Å². The number of pyridine rings is 1. The van der Waals surface area contributed by atoms with Crippen LogP contribution in [-0.4, -0.2) is 57.9 Å². The Morgan fingerprint density at radius 2 is 1.93 bits per heavy atom. The fourth-order valence-electron chi connectivity index (χ4n) is 4.18. The van der Waals surface area contributed by atoms with E-state index in [-0.39, 0.29) is 23.7 Å². The van der Waals surface area contributed by atoms with E-state index in [0.717, 1.165) is 18.5 Å². The molecule has 146 valence electrons. The van der Waals surface area contributed by atoms with Gasteiger partial charge in [0.05, 0.1) is 5.54 Å². The molecule has 1 aromatic heterocycles. The lowest BCUT2D eigenvalue weighted by Gasteiger charge is -2.44. The second-order valence-electron chi connectivity index (χ2n) is 7.70. The van der Waals surface area contributed by atoms with Crippen LogP contribution in [0, 0.1) is 0 Å². The Hall–Kier alpha value is -2.58. The van der Waals surface area contributed by atoms with Crippen LogP contribution >= 0.6 is 0 Å². The standard InChI is InChI=1S/C20H24BN3O4/c1-21(27)24-11-9-20(14-24)13-23-10-8-16(25)18(17(23)19(26)22(20)2)28-12-15-6-4-3-5-7-15/h3-8,10,27H,9,11-14H2,1-2H3. The molecule has 1 atom stereocenters. The maximum absolute atomic E-state index is 13.2. The first kappa shape index (κ1) is 18.8. The van der Waals surface area contributed by atoms with Gasteiger partial charge in [-0.2, -0.15) is 0 Å². The van der Waals surface area contributed by atoms with Gasteiger partial charge < -0.3 is 24.0 Å². The Labute approximate surface area is 164 Å². The maximum Gasteiger partial charge on any atom is 0.376 e. The maximum atomic E-state index is 13.2. The van der Waals surface area contributed by atoms with E-state index >= 15 is 0 Å². The van der Waals surface area contributed by atoms with Crippen LogP contribution in [0.1, 0.15) is 22.5 Å². The third-order valence-corrected chi connectivity index (χ3v) is 5.93. The summed E-state index contributed by atoms with van der Waals surface area (Å²) in [6.07, 6.45) is 2.44. The van der Waals surface area contributed by atoms with Crippen molar-refractivity contribution in [2.75, 3.05) is 20.1 Å². The summed E-state index contributed by atoms with van der Waals surface area (Å²) in [4.78, 5) is 29.4. The highest BCUT2D eigenvalue weighted by atomic mass is 16.5. The molecule has 2 aliphatic heterocycles. The van der Waals surface area contributed by atoms with Crippen molar-refractivity contribution in [3.63, 3.8) is 0 Å². The molecule has 2 aromatic rings. The molecule has 1 amide bonds. The third-order valence-electron chi connectivity index (χ3n) is 5.93. The normalized spacial score (nSPS) is 21.8. The fraction of sp³-hybridized carbons (Fsp3) is 0.400. The van der Waals surface area contributed by atoms with Crippen LogP contribution in [0.25, 0.3) is 0 Å². The first-order chi connectivity index (χ1) is 13.4. The van der Waals surface area contributed by atoms with Gasteiger partial charge >= 0.3 is 7.05 Å². The number of fused-ring (bicyclic) bond motifs is 1. The summed E-state index contributed by atoms with van der Waals surface area (Å²) in [7, 11) is 1.22. The van der Waals surface area contributed by atoms with Crippen LogP contribution in [-0.2, 0) is 13.2 Å². The quantitative estimate of drug-likeness (QED) is 0.802. The molecule has 1 spiro atoms. The third kappa shape index (κ3) is 3.12. The highest BCUT2D eigenvalue weighted by molar-refractivity contribution is 6.45. The molecule has 0 bridgehead atoms. The molecule has 0 radical (unpaired) electrons. The Bertz CT molecular complexity index is 946. The molecule has 1 N–H and O–H groups in total. The fourth-order valence-corrected chi connectivity index (χ4v) is 4.18. The number of ether oxygens (including phenoxy) is 1. The summed E-state index contributed by atoms with van der Waals surface area (Å²) in [6.45, 7) is 3.85. The Kier molecular flexibility index (Phi) is 4.77. The largest absolute Gasteiger partial charge is 0.483 e. The van der Waals surface area contributed by atoms with Crippen molar-refractivity contribution in [3.8, 4) is 5.75 Å². The highest BCUT2D eigenvalue weighted by Gasteiger charge is 2.49. The number of carbonyl (C=O) groups is 1. The SMILES string of the molecule is CB(O)N1CCC2(C1)Cn1ccc(=O)c(OCc3ccccc3)c1C(=O)N2C. The van der Waals surface area contributed by atoms with Crippen molar-refractivity contribution in [3.05, 3.63) is 64.1 Å². The van der Waals surface area contributed by atoms with E-state index in [4.69, 9.17) is 4.74 Å². The van der Waals surface area contributed by atoms with Crippen LogP contribution in [0.15, 0.2) is 47.4 Å². The summed E-state index contributed by atoms with van der Waals surface area (Å²) >= 11 is 0. The van der Waals surface area contributed by atoms with E-state index in [1.165, 1.54) is 6.07 Å². The van der Waals surface area contributed by atoms with E-state index in [1.54, 1.807) is 25.0 Å². The van der Waals surface area contributed by atoms with Gasteiger partial charge in [0.1, 0.15) is 6.61 Å². The second kappa shape index (κ2) is 7.11. The van der Waals surface area contributed by atoms with Crippen molar-refractivity contribution < 1.29 is 14.6 Å². The monoisotopic (exact) mass is 381 g/mol. The van der Waals surface area contributed by atoms with Gasteiger partial charge in [0.2, 0.25) is 5.43 Å². The molecule has 8 heteroatoms.